The van der Waals surface area contributed by atoms with E-state index in [1.807, 2.05) is 18.2 Å². The van der Waals surface area contributed by atoms with Crippen LogP contribution in [0, 0.1) is 0 Å². The molecule has 0 saturated heterocycles. The third-order valence-electron chi connectivity index (χ3n) is 7.65. The smallest absolute Gasteiger partial charge is 0.338 e. The standard InChI is InChI=1S/C39H52N2O7/c1-3-4-12-23-45-34-17-19-35(20-18-34)48-38(42)22-16-30-15-21-36(37(26-30)44-2)46-24-13-10-8-6-5-7-9-11-14-25-47-39(43)31-27-32(40)29-33(41)28-31/h15-22,26-29H,3-14,23-25,40-41H2,1-2H3. The third-order valence-corrected chi connectivity index (χ3v) is 7.65. The number of unbranched alkanes of at least 4 members (excludes halogenated alkanes) is 10. The van der Waals surface area contributed by atoms with Crippen molar-refractivity contribution in [1.29, 1.82) is 0 Å². The third kappa shape index (κ3) is 14.8. The Morgan fingerprint density at radius 1 is 0.646 bits per heavy atom. The van der Waals surface area contributed by atoms with Crippen molar-refractivity contribution in [2.45, 2.75) is 84.0 Å². The maximum absolute atomic E-state index is 12.3. The molecular weight excluding hydrogens is 608 g/mol. The topological polar surface area (TPSA) is 132 Å². The van der Waals surface area contributed by atoms with Crippen molar-refractivity contribution in [3.63, 3.8) is 0 Å². The minimum atomic E-state index is -0.467. The Hall–Kier alpha value is -4.66. The molecule has 0 fully saturated rings. The summed E-state index contributed by atoms with van der Waals surface area (Å²) in [4.78, 5) is 24.5. The molecule has 4 N–H and O–H groups in total. The lowest BCUT2D eigenvalue weighted by Gasteiger charge is -2.11. The van der Waals surface area contributed by atoms with Crippen LogP contribution in [0.25, 0.3) is 6.08 Å². The molecule has 0 unspecified atom stereocenters. The van der Waals surface area contributed by atoms with Gasteiger partial charge in [-0.15, -0.1) is 0 Å². The van der Waals surface area contributed by atoms with Gasteiger partial charge in [-0.2, -0.15) is 0 Å². The van der Waals surface area contributed by atoms with Crippen molar-refractivity contribution in [2.24, 2.45) is 0 Å². The number of rotatable bonds is 23. The van der Waals surface area contributed by atoms with Crippen LogP contribution in [0.2, 0.25) is 0 Å². The Kier molecular flexibility index (Phi) is 17.3. The van der Waals surface area contributed by atoms with Gasteiger partial charge in [-0.3, -0.25) is 0 Å². The van der Waals surface area contributed by atoms with Crippen molar-refractivity contribution in [3.8, 4) is 23.0 Å². The van der Waals surface area contributed by atoms with Gasteiger partial charge in [0.2, 0.25) is 0 Å². The zero-order valence-corrected chi connectivity index (χ0v) is 28.5. The highest BCUT2D eigenvalue weighted by Crippen LogP contribution is 2.29. The molecule has 9 nitrogen and oxygen atoms in total. The fraction of sp³-hybridized carbons (Fsp3) is 0.436. The van der Waals surface area contributed by atoms with Crippen LogP contribution in [0.1, 0.15) is 99.9 Å². The fourth-order valence-electron chi connectivity index (χ4n) is 5.03. The molecule has 0 heterocycles. The number of anilines is 2. The van der Waals surface area contributed by atoms with Gasteiger partial charge in [-0.25, -0.2) is 9.59 Å². The van der Waals surface area contributed by atoms with E-state index in [2.05, 4.69) is 6.92 Å². The molecule has 0 spiro atoms. The number of hydrogen-bond donors (Lipinski definition) is 2. The van der Waals surface area contributed by atoms with Gasteiger partial charge >= 0.3 is 11.9 Å². The highest BCUT2D eigenvalue weighted by atomic mass is 16.5. The van der Waals surface area contributed by atoms with Crippen LogP contribution in [0.15, 0.2) is 66.7 Å². The SMILES string of the molecule is CCCCCOc1ccc(OC(=O)C=Cc2ccc(OCCCCCCCCCCCOC(=O)c3cc(N)cc(N)c3)c(OC)c2)cc1. The van der Waals surface area contributed by atoms with E-state index < -0.39 is 5.97 Å². The highest BCUT2D eigenvalue weighted by Gasteiger charge is 2.09. The number of carbonyl (C=O) groups excluding carboxylic acids is 2. The van der Waals surface area contributed by atoms with Gasteiger partial charge in [0.1, 0.15) is 11.5 Å². The van der Waals surface area contributed by atoms with Crippen molar-refractivity contribution >= 4 is 29.4 Å². The van der Waals surface area contributed by atoms with Crippen molar-refractivity contribution < 1.29 is 33.3 Å². The first-order valence-corrected chi connectivity index (χ1v) is 17.1. The predicted molar refractivity (Wildman–Crippen MR) is 192 cm³/mol. The molecule has 0 atom stereocenters. The van der Waals surface area contributed by atoms with E-state index in [1.54, 1.807) is 55.7 Å². The second-order valence-electron chi connectivity index (χ2n) is 11.7. The van der Waals surface area contributed by atoms with E-state index in [0.717, 1.165) is 69.1 Å². The molecule has 0 radical (unpaired) electrons. The Balaban J connectivity index is 1.23. The summed E-state index contributed by atoms with van der Waals surface area (Å²) in [6.45, 7) is 3.85. The molecule has 48 heavy (non-hydrogen) atoms. The molecule has 0 aliphatic heterocycles. The lowest BCUT2D eigenvalue weighted by molar-refractivity contribution is -0.128. The van der Waals surface area contributed by atoms with Crippen LogP contribution in [0.5, 0.6) is 23.0 Å². The monoisotopic (exact) mass is 660 g/mol. The lowest BCUT2D eigenvalue weighted by atomic mass is 10.1. The van der Waals surface area contributed by atoms with Crippen LogP contribution >= 0.6 is 0 Å². The van der Waals surface area contributed by atoms with E-state index in [0.29, 0.717) is 54.0 Å². The number of nitrogen functional groups attached to an aromatic ring is 2. The quantitative estimate of drug-likeness (QED) is 0.0337. The Morgan fingerprint density at radius 2 is 1.23 bits per heavy atom. The minimum absolute atomic E-state index is 0.387. The predicted octanol–water partition coefficient (Wildman–Crippen LogP) is 8.79. The zero-order valence-electron chi connectivity index (χ0n) is 28.5. The normalized spacial score (nSPS) is 11.0. The van der Waals surface area contributed by atoms with Crippen molar-refractivity contribution in [3.05, 3.63) is 77.9 Å². The number of carbonyl (C=O) groups is 2. The van der Waals surface area contributed by atoms with Gasteiger partial charge in [0.25, 0.3) is 0 Å². The molecule has 3 aromatic rings. The van der Waals surface area contributed by atoms with Gasteiger partial charge in [0.05, 0.1) is 32.5 Å². The van der Waals surface area contributed by atoms with Gasteiger partial charge in [0.15, 0.2) is 11.5 Å². The summed E-state index contributed by atoms with van der Waals surface area (Å²) >= 11 is 0. The summed E-state index contributed by atoms with van der Waals surface area (Å²) < 4.78 is 27.9. The van der Waals surface area contributed by atoms with E-state index in [4.69, 9.17) is 35.2 Å². The molecule has 0 amide bonds. The van der Waals surface area contributed by atoms with Gasteiger partial charge < -0.3 is 35.2 Å². The summed E-state index contributed by atoms with van der Waals surface area (Å²) in [6, 6.07) is 17.4. The van der Waals surface area contributed by atoms with E-state index in [9.17, 15) is 9.59 Å². The lowest BCUT2D eigenvalue weighted by Crippen LogP contribution is -2.07. The Bertz CT molecular complexity index is 1400. The van der Waals surface area contributed by atoms with E-state index in [1.165, 1.54) is 25.3 Å². The van der Waals surface area contributed by atoms with Crippen LogP contribution < -0.4 is 30.4 Å². The number of nitrogens with two attached hydrogens (primary N) is 2. The zero-order chi connectivity index (χ0) is 34.4. The molecule has 0 aliphatic carbocycles. The molecular formula is C39H52N2O7. The first kappa shape index (κ1) is 37.8. The Morgan fingerprint density at radius 3 is 1.88 bits per heavy atom. The fourth-order valence-corrected chi connectivity index (χ4v) is 5.03. The average Bonchev–Trinajstić information content (AvgIpc) is 3.08. The first-order valence-electron chi connectivity index (χ1n) is 17.1. The number of hydrogen-bond acceptors (Lipinski definition) is 9. The molecule has 0 aromatic heterocycles. The number of benzene rings is 3. The number of esters is 2. The summed E-state index contributed by atoms with van der Waals surface area (Å²) in [5.41, 5.74) is 13.6. The van der Waals surface area contributed by atoms with Gasteiger partial charge in [-0.1, -0.05) is 70.8 Å². The second kappa shape index (κ2) is 22.0. The first-order chi connectivity index (χ1) is 23.4. The van der Waals surface area contributed by atoms with E-state index >= 15 is 0 Å². The highest BCUT2D eigenvalue weighted by molar-refractivity contribution is 5.91. The number of ether oxygens (including phenoxy) is 5. The molecule has 0 saturated carbocycles. The Labute approximate surface area is 285 Å². The summed E-state index contributed by atoms with van der Waals surface area (Å²) in [5.74, 6) is 1.66. The molecule has 3 aromatic carbocycles. The summed E-state index contributed by atoms with van der Waals surface area (Å²) in [7, 11) is 1.60. The second-order valence-corrected chi connectivity index (χ2v) is 11.7. The van der Waals surface area contributed by atoms with Crippen LogP contribution in [0.4, 0.5) is 11.4 Å². The van der Waals surface area contributed by atoms with Crippen LogP contribution in [0.3, 0.4) is 0 Å². The molecule has 260 valence electrons. The van der Waals surface area contributed by atoms with Crippen molar-refractivity contribution in [1.82, 2.24) is 0 Å². The molecule has 0 aliphatic rings. The maximum Gasteiger partial charge on any atom is 0.338 e. The molecule has 3 rings (SSSR count). The summed E-state index contributed by atoms with van der Waals surface area (Å²) in [5, 5.41) is 0. The van der Waals surface area contributed by atoms with Crippen LogP contribution in [-0.4, -0.2) is 38.9 Å². The largest absolute Gasteiger partial charge is 0.494 e. The maximum atomic E-state index is 12.3. The van der Waals surface area contributed by atoms with Crippen LogP contribution in [-0.2, 0) is 9.53 Å². The minimum Gasteiger partial charge on any atom is -0.494 e. The number of methoxy groups -OCH3 is 1. The van der Waals surface area contributed by atoms with E-state index in [-0.39, 0.29) is 5.97 Å². The van der Waals surface area contributed by atoms with Crippen molar-refractivity contribution in [2.75, 3.05) is 38.4 Å². The summed E-state index contributed by atoms with van der Waals surface area (Å²) in [6.07, 6.45) is 16.2. The van der Waals surface area contributed by atoms with Gasteiger partial charge in [-0.05, 0) is 85.5 Å². The van der Waals surface area contributed by atoms with Gasteiger partial charge in [0, 0.05) is 17.5 Å². The average molecular weight is 661 g/mol. The molecule has 0 bridgehead atoms. The molecule has 9 heteroatoms.